The van der Waals surface area contributed by atoms with Crippen molar-refractivity contribution in [3.63, 3.8) is 0 Å². The van der Waals surface area contributed by atoms with Crippen molar-refractivity contribution >= 4 is 11.5 Å². The highest BCUT2D eigenvalue weighted by Crippen LogP contribution is 2.30. The van der Waals surface area contributed by atoms with Gasteiger partial charge in [-0.25, -0.2) is 18.2 Å². The number of anilines is 1. The average Bonchev–Trinajstić information content (AvgIpc) is 2.81. The predicted octanol–water partition coefficient (Wildman–Crippen LogP) is 3.44. The lowest BCUT2D eigenvalue weighted by Crippen LogP contribution is -2.55. The van der Waals surface area contributed by atoms with Crippen LogP contribution in [0.1, 0.15) is 28.5 Å². The Bertz CT molecular complexity index is 1220. The molecule has 1 aromatic carbocycles. The fourth-order valence-electron chi connectivity index (χ4n) is 4.29. The molecule has 1 saturated heterocycles. The maximum absolute atomic E-state index is 14.6. The SMILES string of the molecule is Cc1ccc(F)c(-c2nc(C(=O)Cc3cnccc3N3C[C@@H](N)[C@H](O)[C@@H](C)C3)ccc2F)c1F. The first-order valence-corrected chi connectivity index (χ1v) is 10.9. The molecule has 4 rings (SSSR count). The number of aryl methyl sites for hydroxylation is 1. The van der Waals surface area contributed by atoms with Gasteiger partial charge in [-0.3, -0.25) is 9.78 Å². The third-order valence-electron chi connectivity index (χ3n) is 6.18. The van der Waals surface area contributed by atoms with Gasteiger partial charge in [-0.2, -0.15) is 0 Å². The lowest BCUT2D eigenvalue weighted by atomic mass is 9.92. The van der Waals surface area contributed by atoms with Gasteiger partial charge in [-0.05, 0) is 36.8 Å². The molecule has 2 aromatic heterocycles. The van der Waals surface area contributed by atoms with E-state index in [1.54, 1.807) is 18.5 Å². The number of rotatable bonds is 5. The van der Waals surface area contributed by atoms with Gasteiger partial charge in [0.2, 0.25) is 0 Å². The van der Waals surface area contributed by atoms with Crippen LogP contribution in [0.4, 0.5) is 18.9 Å². The predicted molar refractivity (Wildman–Crippen MR) is 122 cm³/mol. The number of benzene rings is 1. The van der Waals surface area contributed by atoms with Crippen molar-refractivity contribution in [2.45, 2.75) is 32.4 Å². The molecule has 1 fully saturated rings. The normalized spacial score (nSPS) is 20.4. The number of aliphatic hydroxyl groups excluding tert-OH is 1. The zero-order valence-electron chi connectivity index (χ0n) is 18.8. The Morgan fingerprint density at radius 3 is 2.62 bits per heavy atom. The second-order valence-electron chi connectivity index (χ2n) is 8.72. The largest absolute Gasteiger partial charge is 0.391 e. The number of hydrogen-bond acceptors (Lipinski definition) is 6. The highest BCUT2D eigenvalue weighted by atomic mass is 19.1. The lowest BCUT2D eigenvalue weighted by molar-refractivity contribution is 0.0784. The topological polar surface area (TPSA) is 92.3 Å². The molecule has 0 aliphatic carbocycles. The van der Waals surface area contributed by atoms with Crippen molar-refractivity contribution in [3.05, 3.63) is 77.0 Å². The number of nitrogens with zero attached hydrogens (tertiary/aromatic N) is 3. The number of carbonyl (C=O) groups excluding carboxylic acids is 1. The first-order valence-electron chi connectivity index (χ1n) is 10.9. The molecule has 34 heavy (non-hydrogen) atoms. The molecule has 3 aromatic rings. The van der Waals surface area contributed by atoms with Gasteiger partial charge in [0.15, 0.2) is 5.78 Å². The summed E-state index contributed by atoms with van der Waals surface area (Å²) in [6, 6.07) is 5.78. The summed E-state index contributed by atoms with van der Waals surface area (Å²) in [5.74, 6) is -3.36. The first kappa shape index (κ1) is 23.8. The number of piperidine rings is 1. The van der Waals surface area contributed by atoms with Crippen molar-refractivity contribution < 1.29 is 23.1 Å². The van der Waals surface area contributed by atoms with Crippen LogP contribution in [0.25, 0.3) is 11.3 Å². The number of nitrogens with two attached hydrogens (primary N) is 1. The number of aliphatic hydroxyl groups is 1. The maximum Gasteiger partial charge on any atom is 0.185 e. The van der Waals surface area contributed by atoms with E-state index in [1.165, 1.54) is 19.1 Å². The number of ketones is 1. The number of hydrogen-bond donors (Lipinski definition) is 2. The Hall–Kier alpha value is -3.30. The summed E-state index contributed by atoms with van der Waals surface area (Å²) in [7, 11) is 0. The number of halogens is 3. The highest BCUT2D eigenvalue weighted by Gasteiger charge is 2.32. The van der Waals surface area contributed by atoms with E-state index < -0.39 is 46.6 Å². The lowest BCUT2D eigenvalue weighted by Gasteiger charge is -2.40. The summed E-state index contributed by atoms with van der Waals surface area (Å²) in [4.78, 5) is 23.2. The minimum atomic E-state index is -0.966. The molecule has 0 saturated carbocycles. The third kappa shape index (κ3) is 4.53. The quantitative estimate of drug-likeness (QED) is 0.555. The van der Waals surface area contributed by atoms with Crippen molar-refractivity contribution in [2.75, 3.05) is 18.0 Å². The molecule has 6 nitrogen and oxygen atoms in total. The Kier molecular flexibility index (Phi) is 6.67. The van der Waals surface area contributed by atoms with Crippen LogP contribution in [-0.2, 0) is 6.42 Å². The molecule has 9 heteroatoms. The van der Waals surface area contributed by atoms with Crippen LogP contribution < -0.4 is 10.6 Å². The summed E-state index contributed by atoms with van der Waals surface area (Å²) < 4.78 is 43.4. The van der Waals surface area contributed by atoms with Crippen LogP contribution in [0.5, 0.6) is 0 Å². The summed E-state index contributed by atoms with van der Waals surface area (Å²) in [6.45, 7) is 4.28. The Morgan fingerprint density at radius 2 is 1.88 bits per heavy atom. The molecule has 0 bridgehead atoms. The van der Waals surface area contributed by atoms with Crippen molar-refractivity contribution in [2.24, 2.45) is 11.7 Å². The van der Waals surface area contributed by atoms with Gasteiger partial charge in [0.25, 0.3) is 0 Å². The minimum absolute atomic E-state index is 0.0686. The molecular formula is C25H25F3N4O2. The van der Waals surface area contributed by atoms with Gasteiger partial charge in [0.05, 0.1) is 11.7 Å². The summed E-state index contributed by atoms with van der Waals surface area (Å²) in [5.41, 5.74) is 6.28. The van der Waals surface area contributed by atoms with E-state index >= 15 is 0 Å². The highest BCUT2D eigenvalue weighted by molar-refractivity contribution is 5.97. The number of pyridine rings is 2. The third-order valence-corrected chi connectivity index (χ3v) is 6.18. The smallest absolute Gasteiger partial charge is 0.185 e. The van der Waals surface area contributed by atoms with E-state index in [0.717, 1.165) is 17.8 Å². The van der Waals surface area contributed by atoms with Crippen LogP contribution in [0.2, 0.25) is 0 Å². The van der Waals surface area contributed by atoms with E-state index in [1.807, 2.05) is 11.8 Å². The Labute approximate surface area is 195 Å². The van der Waals surface area contributed by atoms with Crippen LogP contribution in [0.3, 0.4) is 0 Å². The monoisotopic (exact) mass is 470 g/mol. The van der Waals surface area contributed by atoms with Gasteiger partial charge in [-0.15, -0.1) is 0 Å². The number of carbonyl (C=O) groups is 1. The molecule has 0 unspecified atom stereocenters. The van der Waals surface area contributed by atoms with Crippen LogP contribution in [-0.4, -0.2) is 46.1 Å². The molecular weight excluding hydrogens is 445 g/mol. The molecule has 178 valence electrons. The zero-order chi connectivity index (χ0) is 24.6. The summed E-state index contributed by atoms with van der Waals surface area (Å²) in [5, 5.41) is 10.2. The van der Waals surface area contributed by atoms with Crippen molar-refractivity contribution in [1.82, 2.24) is 9.97 Å². The second-order valence-corrected chi connectivity index (χ2v) is 8.72. The molecule has 3 atom stereocenters. The molecule has 0 amide bonds. The zero-order valence-corrected chi connectivity index (χ0v) is 18.8. The van der Waals surface area contributed by atoms with Crippen molar-refractivity contribution in [1.29, 1.82) is 0 Å². The molecule has 0 radical (unpaired) electrons. The van der Waals surface area contributed by atoms with Crippen LogP contribution >= 0.6 is 0 Å². The maximum atomic E-state index is 14.6. The van der Waals surface area contributed by atoms with E-state index in [-0.39, 0.29) is 23.6 Å². The summed E-state index contributed by atoms with van der Waals surface area (Å²) in [6.07, 6.45) is 2.43. The fraction of sp³-hybridized carbons (Fsp3) is 0.320. The minimum Gasteiger partial charge on any atom is -0.391 e. The number of Topliss-reactive ketones (excluding diaryl/α,β-unsaturated/α-hetero) is 1. The first-order chi connectivity index (χ1) is 16.2. The second kappa shape index (κ2) is 9.52. The van der Waals surface area contributed by atoms with E-state index in [0.29, 0.717) is 18.7 Å². The fourth-order valence-corrected chi connectivity index (χ4v) is 4.29. The van der Waals surface area contributed by atoms with Crippen molar-refractivity contribution in [3.8, 4) is 11.3 Å². The summed E-state index contributed by atoms with van der Waals surface area (Å²) >= 11 is 0. The van der Waals surface area contributed by atoms with E-state index in [4.69, 9.17) is 5.73 Å². The van der Waals surface area contributed by atoms with Crippen LogP contribution in [0, 0.1) is 30.3 Å². The van der Waals surface area contributed by atoms with E-state index in [2.05, 4.69) is 9.97 Å². The van der Waals surface area contributed by atoms with Gasteiger partial charge in [0, 0.05) is 55.1 Å². The standard InChI is InChI=1S/C25H25F3N4O2/c1-13-3-4-16(26)22(23(13)28)24-17(27)5-6-19(31-24)21(33)9-15-10-30-8-7-20(15)32-11-14(2)25(34)18(29)12-32/h3-8,10,14,18,25,34H,9,11-12,29H2,1-2H3/t14-,18+,25+/m0/s1. The Morgan fingerprint density at radius 1 is 1.15 bits per heavy atom. The van der Waals surface area contributed by atoms with Gasteiger partial charge >= 0.3 is 0 Å². The van der Waals surface area contributed by atoms with E-state index in [9.17, 15) is 23.1 Å². The molecule has 3 N–H and O–H groups in total. The number of aromatic nitrogens is 2. The van der Waals surface area contributed by atoms with Gasteiger partial charge in [0.1, 0.15) is 28.8 Å². The van der Waals surface area contributed by atoms with Gasteiger partial charge < -0.3 is 15.7 Å². The average molecular weight is 470 g/mol. The molecule has 0 spiro atoms. The van der Waals surface area contributed by atoms with Gasteiger partial charge in [-0.1, -0.05) is 13.0 Å². The molecule has 1 aliphatic heterocycles. The molecule has 1 aliphatic rings. The Balaban J connectivity index is 1.65. The molecule has 3 heterocycles. The van der Waals surface area contributed by atoms with Crippen LogP contribution in [0.15, 0.2) is 42.7 Å².